The Labute approximate surface area is 85.3 Å². The van der Waals surface area contributed by atoms with Crippen LogP contribution in [0.3, 0.4) is 0 Å². The summed E-state index contributed by atoms with van der Waals surface area (Å²) >= 11 is 0. The summed E-state index contributed by atoms with van der Waals surface area (Å²) in [6.07, 6.45) is 6.37. The van der Waals surface area contributed by atoms with Crippen LogP contribution >= 0.6 is 0 Å². The summed E-state index contributed by atoms with van der Waals surface area (Å²) in [5.74, 6) is 0.0284. The van der Waals surface area contributed by atoms with Gasteiger partial charge in [0.2, 0.25) is 5.91 Å². The molecule has 0 unspecified atom stereocenters. The minimum atomic E-state index is 0.0284. The normalized spacial score (nSPS) is 8.79. The Hall–Kier alpha value is -1.32. The van der Waals surface area contributed by atoms with Crippen LogP contribution < -0.4 is 5.32 Å². The Bertz CT molecular complexity index is 232. The monoisotopic (exact) mass is 197 g/mol. The molecule has 0 bridgehead atoms. The molecule has 0 saturated heterocycles. The number of carbonyl (C=O) groups excluding carboxylic acids is 1. The summed E-state index contributed by atoms with van der Waals surface area (Å²) in [6, 6.07) is 0. The predicted molar refractivity (Wildman–Crippen MR) is 56.9 cm³/mol. The van der Waals surface area contributed by atoms with E-state index in [9.17, 15) is 4.79 Å². The van der Waals surface area contributed by atoms with E-state index in [0.29, 0.717) is 0 Å². The van der Waals surface area contributed by atoms with E-state index in [0.717, 1.165) is 19.5 Å². The largest absolute Gasteiger partial charge is 0.356 e. The first kappa shape index (κ1) is 12.7. The number of hydrogen-bond acceptors (Lipinski definition) is 2. The Kier molecular flexibility index (Phi) is 7.50. The van der Waals surface area contributed by atoms with Crippen molar-refractivity contribution >= 4 is 5.91 Å². The third-order valence-corrected chi connectivity index (χ3v) is 1.53. The van der Waals surface area contributed by atoms with Gasteiger partial charge in [0.1, 0.15) is 0 Å². The highest BCUT2D eigenvalue weighted by atomic mass is 16.1. The second kappa shape index (κ2) is 8.29. The van der Waals surface area contributed by atoms with E-state index in [4.69, 9.17) is 0 Å². The fourth-order valence-corrected chi connectivity index (χ4v) is 0.945. The van der Waals surface area contributed by atoms with Crippen molar-refractivity contribution in [3.63, 3.8) is 0 Å². The average Bonchev–Trinajstić information content (AvgIpc) is 2.68. The van der Waals surface area contributed by atoms with Gasteiger partial charge in [0.05, 0.1) is 6.33 Å². The molecule has 0 aliphatic carbocycles. The van der Waals surface area contributed by atoms with Gasteiger partial charge in [-0.25, -0.2) is 4.98 Å². The molecule has 0 aliphatic heterocycles. The van der Waals surface area contributed by atoms with Crippen molar-refractivity contribution < 1.29 is 4.79 Å². The van der Waals surface area contributed by atoms with Crippen LogP contribution in [0.4, 0.5) is 0 Å². The number of aryl methyl sites for hydroxylation is 1. The van der Waals surface area contributed by atoms with Crippen molar-refractivity contribution in [3.8, 4) is 0 Å². The molecule has 1 heterocycles. The van der Waals surface area contributed by atoms with E-state index >= 15 is 0 Å². The van der Waals surface area contributed by atoms with Gasteiger partial charge in [-0.3, -0.25) is 4.79 Å². The summed E-state index contributed by atoms with van der Waals surface area (Å²) in [6.45, 7) is 7.16. The molecule has 0 saturated carbocycles. The molecule has 0 atom stereocenters. The summed E-state index contributed by atoms with van der Waals surface area (Å²) in [4.78, 5) is 14.4. The highest BCUT2D eigenvalue weighted by Crippen LogP contribution is 1.88. The van der Waals surface area contributed by atoms with Crippen molar-refractivity contribution in [1.82, 2.24) is 14.9 Å². The van der Waals surface area contributed by atoms with Crippen LogP contribution in [-0.4, -0.2) is 22.0 Å². The zero-order valence-corrected chi connectivity index (χ0v) is 9.16. The minimum Gasteiger partial charge on any atom is -0.356 e. The lowest BCUT2D eigenvalue weighted by atomic mass is 10.4. The van der Waals surface area contributed by atoms with E-state index < -0.39 is 0 Å². The van der Waals surface area contributed by atoms with E-state index in [2.05, 4.69) is 10.3 Å². The lowest BCUT2D eigenvalue weighted by Crippen LogP contribution is -2.21. The highest BCUT2D eigenvalue weighted by Gasteiger charge is 1.91. The van der Waals surface area contributed by atoms with Gasteiger partial charge < -0.3 is 9.88 Å². The average molecular weight is 197 g/mol. The van der Waals surface area contributed by atoms with Gasteiger partial charge in [-0.2, -0.15) is 0 Å². The Balaban J connectivity index is 0.000000791. The second-order valence-corrected chi connectivity index (χ2v) is 2.64. The number of rotatable bonds is 4. The van der Waals surface area contributed by atoms with Crippen molar-refractivity contribution in [2.75, 3.05) is 6.54 Å². The summed E-state index contributed by atoms with van der Waals surface area (Å²) in [5.41, 5.74) is 0. The highest BCUT2D eigenvalue weighted by molar-refractivity contribution is 5.72. The smallest absolute Gasteiger partial charge is 0.216 e. The van der Waals surface area contributed by atoms with E-state index in [1.54, 1.807) is 12.5 Å². The molecule has 0 aromatic carbocycles. The van der Waals surface area contributed by atoms with Gasteiger partial charge in [-0.15, -0.1) is 0 Å². The zero-order chi connectivity index (χ0) is 10.8. The van der Waals surface area contributed by atoms with Crippen LogP contribution in [0, 0.1) is 0 Å². The zero-order valence-electron chi connectivity index (χ0n) is 9.16. The quantitative estimate of drug-likeness (QED) is 0.742. The molecule has 4 heteroatoms. The van der Waals surface area contributed by atoms with Crippen LogP contribution in [0.5, 0.6) is 0 Å². The number of amides is 1. The number of imidazole rings is 1. The van der Waals surface area contributed by atoms with Gasteiger partial charge in [-0.05, 0) is 6.42 Å². The molecular weight excluding hydrogens is 178 g/mol. The van der Waals surface area contributed by atoms with E-state index in [1.807, 2.05) is 24.6 Å². The van der Waals surface area contributed by atoms with E-state index in [1.165, 1.54) is 6.92 Å². The lowest BCUT2D eigenvalue weighted by Gasteiger charge is -2.02. The summed E-state index contributed by atoms with van der Waals surface area (Å²) in [7, 11) is 0. The summed E-state index contributed by atoms with van der Waals surface area (Å²) < 4.78 is 1.99. The van der Waals surface area contributed by atoms with Gasteiger partial charge in [0.15, 0.2) is 0 Å². The maximum absolute atomic E-state index is 10.5. The minimum absolute atomic E-state index is 0.0284. The maximum atomic E-state index is 10.5. The number of nitrogens with one attached hydrogen (secondary N) is 1. The molecule has 0 aliphatic rings. The first-order valence-corrected chi connectivity index (χ1v) is 4.99. The van der Waals surface area contributed by atoms with Crippen LogP contribution in [0.25, 0.3) is 0 Å². The molecule has 0 radical (unpaired) electrons. The molecule has 1 aromatic heterocycles. The van der Waals surface area contributed by atoms with Crippen LogP contribution in [0.15, 0.2) is 18.7 Å². The van der Waals surface area contributed by atoms with Gasteiger partial charge >= 0.3 is 0 Å². The fourth-order valence-electron chi connectivity index (χ4n) is 0.945. The van der Waals surface area contributed by atoms with Crippen LogP contribution in [0.1, 0.15) is 27.2 Å². The Morgan fingerprint density at radius 2 is 2.21 bits per heavy atom. The molecule has 80 valence electrons. The Morgan fingerprint density at radius 3 is 2.71 bits per heavy atom. The number of carbonyl (C=O) groups is 1. The first-order valence-electron chi connectivity index (χ1n) is 4.99. The lowest BCUT2D eigenvalue weighted by molar-refractivity contribution is -0.118. The maximum Gasteiger partial charge on any atom is 0.216 e. The van der Waals surface area contributed by atoms with Crippen LogP contribution in [-0.2, 0) is 11.3 Å². The van der Waals surface area contributed by atoms with Crippen molar-refractivity contribution in [2.24, 2.45) is 0 Å². The standard InChI is InChI=1S/C8H13N3O.C2H6/c1-8(12)10-3-2-5-11-6-4-9-7-11;1-2/h4,6-7H,2-3,5H2,1H3,(H,10,12);1-2H3. The van der Waals surface area contributed by atoms with E-state index in [-0.39, 0.29) is 5.91 Å². The van der Waals surface area contributed by atoms with Crippen molar-refractivity contribution in [3.05, 3.63) is 18.7 Å². The number of nitrogens with zero attached hydrogens (tertiary/aromatic N) is 2. The molecular formula is C10H19N3O. The number of hydrogen-bond donors (Lipinski definition) is 1. The second-order valence-electron chi connectivity index (χ2n) is 2.64. The van der Waals surface area contributed by atoms with Crippen molar-refractivity contribution in [1.29, 1.82) is 0 Å². The molecule has 1 aromatic rings. The first-order chi connectivity index (χ1) is 6.79. The number of aromatic nitrogens is 2. The summed E-state index contributed by atoms with van der Waals surface area (Å²) in [5, 5.41) is 2.74. The van der Waals surface area contributed by atoms with Gasteiger partial charge in [0.25, 0.3) is 0 Å². The van der Waals surface area contributed by atoms with Crippen LogP contribution in [0.2, 0.25) is 0 Å². The molecule has 0 spiro atoms. The molecule has 1 rings (SSSR count). The Morgan fingerprint density at radius 1 is 1.50 bits per heavy atom. The SMILES string of the molecule is CC.CC(=O)NCCCn1ccnc1. The predicted octanol–water partition coefficient (Wildman–Crippen LogP) is 1.44. The van der Waals surface area contributed by atoms with Gasteiger partial charge in [-0.1, -0.05) is 13.8 Å². The fraction of sp³-hybridized carbons (Fsp3) is 0.600. The molecule has 1 amide bonds. The third-order valence-electron chi connectivity index (χ3n) is 1.53. The topological polar surface area (TPSA) is 46.9 Å². The van der Waals surface area contributed by atoms with Crippen molar-refractivity contribution in [2.45, 2.75) is 33.7 Å². The molecule has 1 N–H and O–H groups in total. The van der Waals surface area contributed by atoms with Gasteiger partial charge in [0, 0.05) is 32.4 Å². The third kappa shape index (κ3) is 6.22. The molecule has 4 nitrogen and oxygen atoms in total. The molecule has 14 heavy (non-hydrogen) atoms. The molecule has 0 fully saturated rings.